The number of carboxylic acids is 1. The summed E-state index contributed by atoms with van der Waals surface area (Å²) < 4.78 is 5.30. The van der Waals surface area contributed by atoms with Crippen LogP contribution in [0.5, 0.6) is 0 Å². The lowest BCUT2D eigenvalue weighted by Crippen LogP contribution is -2.48. The van der Waals surface area contributed by atoms with Gasteiger partial charge in [-0.15, -0.1) is 0 Å². The highest BCUT2D eigenvalue weighted by Crippen LogP contribution is 2.21. The van der Waals surface area contributed by atoms with Crippen molar-refractivity contribution in [2.24, 2.45) is 5.92 Å². The lowest BCUT2D eigenvalue weighted by atomic mass is 10.00. The van der Waals surface area contributed by atoms with Crippen molar-refractivity contribution >= 4 is 12.0 Å². The summed E-state index contributed by atoms with van der Waals surface area (Å²) >= 11 is 0. The van der Waals surface area contributed by atoms with Crippen molar-refractivity contribution in [2.45, 2.75) is 31.7 Å². The number of aliphatic carboxylic acids is 1. The molecular weight excluding hydrogens is 248 g/mol. The third-order valence-corrected chi connectivity index (χ3v) is 3.98. The van der Waals surface area contributed by atoms with Gasteiger partial charge in [0.15, 0.2) is 0 Å². The molecule has 6 heteroatoms. The summed E-state index contributed by atoms with van der Waals surface area (Å²) in [5.41, 5.74) is 0. The number of carbonyl (C=O) groups excluding carboxylic acids is 1. The summed E-state index contributed by atoms with van der Waals surface area (Å²) in [6, 6.07) is -0.805. The minimum absolute atomic E-state index is 0.156. The molecule has 0 aromatic rings. The minimum atomic E-state index is -0.898. The lowest BCUT2D eigenvalue weighted by molar-refractivity contribution is -0.141. The maximum Gasteiger partial charge on any atom is 0.326 e. The van der Waals surface area contributed by atoms with Crippen LogP contribution in [-0.4, -0.2) is 66.3 Å². The van der Waals surface area contributed by atoms with Gasteiger partial charge in [-0.05, 0) is 31.6 Å². The molecule has 0 radical (unpaired) electrons. The van der Waals surface area contributed by atoms with Gasteiger partial charge in [-0.1, -0.05) is 0 Å². The summed E-state index contributed by atoms with van der Waals surface area (Å²) in [6.45, 7) is 2.75. The van der Waals surface area contributed by atoms with Crippen LogP contribution in [0.3, 0.4) is 0 Å². The fourth-order valence-corrected chi connectivity index (χ4v) is 2.87. The molecule has 2 heterocycles. The Balaban J connectivity index is 1.89. The zero-order chi connectivity index (χ0) is 13.8. The number of carboxylic acid groups (broad SMARTS) is 1. The third-order valence-electron chi connectivity index (χ3n) is 3.98. The predicted octanol–water partition coefficient (Wildman–Crippen LogP) is 1.01. The van der Waals surface area contributed by atoms with Crippen molar-refractivity contribution in [3.05, 3.63) is 0 Å². The van der Waals surface area contributed by atoms with Crippen molar-refractivity contribution < 1.29 is 19.4 Å². The summed E-state index contributed by atoms with van der Waals surface area (Å²) in [6.07, 6.45) is 3.28. The lowest BCUT2D eigenvalue weighted by Gasteiger charge is -2.31. The topological polar surface area (TPSA) is 70.1 Å². The molecule has 2 amide bonds. The highest BCUT2D eigenvalue weighted by molar-refractivity contribution is 5.83. The molecule has 0 saturated carbocycles. The summed E-state index contributed by atoms with van der Waals surface area (Å²) in [5, 5.41) is 9.11. The molecule has 1 unspecified atom stereocenters. The molecule has 2 saturated heterocycles. The minimum Gasteiger partial charge on any atom is -0.480 e. The third kappa shape index (κ3) is 3.37. The largest absolute Gasteiger partial charge is 0.480 e. The maximum absolute atomic E-state index is 12.3. The predicted molar refractivity (Wildman–Crippen MR) is 68.9 cm³/mol. The van der Waals surface area contributed by atoms with E-state index in [1.807, 2.05) is 0 Å². The first-order chi connectivity index (χ1) is 9.09. The molecule has 2 rings (SSSR count). The van der Waals surface area contributed by atoms with Crippen LogP contribution in [-0.2, 0) is 9.53 Å². The van der Waals surface area contributed by atoms with Gasteiger partial charge in [-0.3, -0.25) is 0 Å². The van der Waals surface area contributed by atoms with Crippen LogP contribution in [0.4, 0.5) is 4.79 Å². The Kier molecular flexibility index (Phi) is 4.63. The van der Waals surface area contributed by atoms with E-state index >= 15 is 0 Å². The number of hydrogen-bond donors (Lipinski definition) is 1. The molecule has 0 aromatic carbocycles. The summed E-state index contributed by atoms with van der Waals surface area (Å²) in [5.74, 6) is -0.432. The van der Waals surface area contributed by atoms with E-state index in [-0.39, 0.29) is 6.03 Å². The van der Waals surface area contributed by atoms with Crippen LogP contribution < -0.4 is 0 Å². The Morgan fingerprint density at radius 1 is 1.32 bits per heavy atom. The molecule has 0 bridgehead atoms. The van der Waals surface area contributed by atoms with Gasteiger partial charge >= 0.3 is 12.0 Å². The average molecular weight is 270 g/mol. The summed E-state index contributed by atoms with van der Waals surface area (Å²) in [7, 11) is 1.76. The molecule has 1 atom stereocenters. The molecule has 2 aliphatic rings. The quantitative estimate of drug-likeness (QED) is 0.831. The second-order valence-electron chi connectivity index (χ2n) is 5.41. The van der Waals surface area contributed by atoms with Gasteiger partial charge in [-0.2, -0.15) is 0 Å². The Hall–Kier alpha value is -1.30. The Morgan fingerprint density at radius 3 is 2.63 bits per heavy atom. The molecule has 1 N–H and O–H groups in total. The Bertz CT molecular complexity index is 342. The number of likely N-dealkylation sites (tertiary alicyclic amines) is 1. The fourth-order valence-electron chi connectivity index (χ4n) is 2.87. The normalized spacial score (nSPS) is 24.5. The van der Waals surface area contributed by atoms with Crippen LogP contribution in [0.2, 0.25) is 0 Å². The Morgan fingerprint density at radius 2 is 2.00 bits per heavy atom. The molecule has 2 aliphatic heterocycles. The van der Waals surface area contributed by atoms with Gasteiger partial charge in [0.05, 0.1) is 0 Å². The van der Waals surface area contributed by atoms with Crippen LogP contribution in [0, 0.1) is 5.92 Å². The maximum atomic E-state index is 12.3. The molecule has 0 aromatic heterocycles. The van der Waals surface area contributed by atoms with Crippen molar-refractivity contribution in [2.75, 3.05) is 33.4 Å². The number of amides is 2. The van der Waals surface area contributed by atoms with Gasteiger partial charge in [0.2, 0.25) is 0 Å². The van der Waals surface area contributed by atoms with Gasteiger partial charge in [-0.25, -0.2) is 9.59 Å². The number of urea groups is 1. The average Bonchev–Trinajstić information content (AvgIpc) is 2.88. The van der Waals surface area contributed by atoms with Gasteiger partial charge in [0.25, 0.3) is 0 Å². The molecule has 19 heavy (non-hydrogen) atoms. The number of carbonyl (C=O) groups is 2. The zero-order valence-electron chi connectivity index (χ0n) is 11.4. The second kappa shape index (κ2) is 6.23. The molecule has 0 spiro atoms. The van der Waals surface area contributed by atoms with Crippen molar-refractivity contribution in [1.29, 1.82) is 0 Å². The van der Waals surface area contributed by atoms with Gasteiger partial charge in [0.1, 0.15) is 6.04 Å². The Labute approximate surface area is 113 Å². The zero-order valence-corrected chi connectivity index (χ0v) is 11.4. The molecular formula is C13H22N2O4. The number of rotatable bonds is 3. The van der Waals surface area contributed by atoms with E-state index in [0.717, 1.165) is 32.5 Å². The van der Waals surface area contributed by atoms with Gasteiger partial charge < -0.3 is 19.6 Å². The first kappa shape index (κ1) is 14.1. The number of hydrogen-bond acceptors (Lipinski definition) is 3. The van der Waals surface area contributed by atoms with Crippen LogP contribution in [0.1, 0.15) is 25.7 Å². The molecule has 2 fully saturated rings. The van der Waals surface area contributed by atoms with E-state index in [1.165, 1.54) is 4.90 Å². The smallest absolute Gasteiger partial charge is 0.326 e. The van der Waals surface area contributed by atoms with Gasteiger partial charge in [0, 0.05) is 33.4 Å². The monoisotopic (exact) mass is 270 g/mol. The standard InChI is InChI=1S/C13H22N2O4/c1-14(9-10-4-7-19-8-5-10)13(18)15-6-2-3-11(15)12(16)17/h10-11H,2-9H2,1H3,(H,16,17). The van der Waals surface area contributed by atoms with E-state index < -0.39 is 12.0 Å². The van der Waals surface area contributed by atoms with Crippen LogP contribution >= 0.6 is 0 Å². The van der Waals surface area contributed by atoms with Crippen molar-refractivity contribution in [1.82, 2.24) is 9.80 Å². The van der Waals surface area contributed by atoms with Crippen molar-refractivity contribution in [3.63, 3.8) is 0 Å². The summed E-state index contributed by atoms with van der Waals surface area (Å²) in [4.78, 5) is 26.5. The van der Waals surface area contributed by atoms with Crippen LogP contribution in [0.25, 0.3) is 0 Å². The SMILES string of the molecule is CN(CC1CCOCC1)C(=O)N1CCCC1C(=O)O. The highest BCUT2D eigenvalue weighted by Gasteiger charge is 2.35. The molecule has 6 nitrogen and oxygen atoms in total. The first-order valence-electron chi connectivity index (χ1n) is 6.92. The van der Waals surface area contributed by atoms with E-state index in [4.69, 9.17) is 9.84 Å². The number of ether oxygens (including phenoxy) is 1. The van der Waals surface area contributed by atoms with E-state index in [2.05, 4.69) is 0 Å². The van der Waals surface area contributed by atoms with E-state index in [9.17, 15) is 9.59 Å². The van der Waals surface area contributed by atoms with E-state index in [0.29, 0.717) is 25.4 Å². The first-order valence-corrected chi connectivity index (χ1v) is 6.92. The highest BCUT2D eigenvalue weighted by atomic mass is 16.5. The van der Waals surface area contributed by atoms with Crippen LogP contribution in [0.15, 0.2) is 0 Å². The number of nitrogens with zero attached hydrogens (tertiary/aromatic N) is 2. The fraction of sp³-hybridized carbons (Fsp3) is 0.846. The molecule has 108 valence electrons. The van der Waals surface area contributed by atoms with E-state index in [1.54, 1.807) is 11.9 Å². The second-order valence-corrected chi connectivity index (χ2v) is 5.41. The molecule has 0 aliphatic carbocycles. The van der Waals surface area contributed by atoms with Crippen molar-refractivity contribution in [3.8, 4) is 0 Å².